The third kappa shape index (κ3) is 2.41. The number of nitrogens with zero attached hydrogens (tertiary/aromatic N) is 3. The number of hydrogen-bond donors (Lipinski definition) is 3. The number of aromatic nitrogens is 4. The minimum atomic E-state index is -1.14. The summed E-state index contributed by atoms with van der Waals surface area (Å²) in [4.78, 5) is 37.2. The SMILES string of the molecule is CC(C(=O)O)=C(C)C(=O)Nc1ncnc2nc[nH]c12. The summed E-state index contributed by atoms with van der Waals surface area (Å²) in [5, 5.41) is 11.4. The van der Waals surface area contributed by atoms with Gasteiger partial charge in [-0.25, -0.2) is 19.7 Å². The first-order valence-corrected chi connectivity index (χ1v) is 5.37. The maximum atomic E-state index is 11.9. The smallest absolute Gasteiger partial charge is 0.331 e. The zero-order valence-electron chi connectivity index (χ0n) is 10.3. The summed E-state index contributed by atoms with van der Waals surface area (Å²) in [6.45, 7) is 2.80. The number of aromatic amines is 1. The number of rotatable bonds is 3. The second kappa shape index (κ2) is 4.84. The van der Waals surface area contributed by atoms with Gasteiger partial charge in [0.05, 0.1) is 6.33 Å². The van der Waals surface area contributed by atoms with Crippen LogP contribution in [0.3, 0.4) is 0 Å². The van der Waals surface area contributed by atoms with Crippen LogP contribution in [0.15, 0.2) is 23.8 Å². The molecule has 1 amide bonds. The molecule has 0 aliphatic rings. The molecule has 2 rings (SSSR count). The number of imidazole rings is 1. The van der Waals surface area contributed by atoms with Crippen molar-refractivity contribution < 1.29 is 14.7 Å². The van der Waals surface area contributed by atoms with Crippen molar-refractivity contribution in [3.63, 3.8) is 0 Å². The summed E-state index contributed by atoms with van der Waals surface area (Å²) in [5.74, 6) is -1.42. The number of aliphatic carboxylic acids is 1. The first-order valence-electron chi connectivity index (χ1n) is 5.37. The number of carboxylic acids is 1. The van der Waals surface area contributed by atoms with E-state index in [1.165, 1.54) is 26.5 Å². The quantitative estimate of drug-likeness (QED) is 0.700. The van der Waals surface area contributed by atoms with Gasteiger partial charge in [-0.2, -0.15) is 0 Å². The highest BCUT2D eigenvalue weighted by molar-refractivity contribution is 6.09. The second-order valence-electron chi connectivity index (χ2n) is 3.83. The molecular formula is C11H11N5O3. The summed E-state index contributed by atoms with van der Waals surface area (Å²) >= 11 is 0. The molecule has 2 aromatic heterocycles. The first-order chi connectivity index (χ1) is 9.00. The number of carbonyl (C=O) groups is 2. The van der Waals surface area contributed by atoms with Gasteiger partial charge in [0.2, 0.25) is 0 Å². The Bertz CT molecular complexity index is 688. The van der Waals surface area contributed by atoms with Crippen molar-refractivity contribution in [2.45, 2.75) is 13.8 Å². The minimum absolute atomic E-state index is 0.0209. The molecule has 0 atom stereocenters. The topological polar surface area (TPSA) is 121 Å². The van der Waals surface area contributed by atoms with Crippen molar-refractivity contribution in [2.75, 3.05) is 5.32 Å². The number of H-pyrrole nitrogens is 1. The summed E-state index contributed by atoms with van der Waals surface area (Å²) in [6, 6.07) is 0. The molecule has 0 unspecified atom stereocenters. The highest BCUT2D eigenvalue weighted by atomic mass is 16.4. The van der Waals surface area contributed by atoms with Gasteiger partial charge in [0.25, 0.3) is 5.91 Å². The predicted octanol–water partition coefficient (Wildman–Crippen LogP) is 0.712. The van der Waals surface area contributed by atoms with Crippen LogP contribution in [-0.4, -0.2) is 36.9 Å². The highest BCUT2D eigenvalue weighted by Crippen LogP contribution is 2.15. The van der Waals surface area contributed by atoms with Crippen LogP contribution in [-0.2, 0) is 9.59 Å². The van der Waals surface area contributed by atoms with Gasteiger partial charge in [0.15, 0.2) is 11.5 Å². The van der Waals surface area contributed by atoms with Crippen molar-refractivity contribution in [3.8, 4) is 0 Å². The average Bonchev–Trinajstić information content (AvgIpc) is 2.86. The van der Waals surface area contributed by atoms with Gasteiger partial charge in [-0.1, -0.05) is 0 Å². The van der Waals surface area contributed by atoms with E-state index in [0.29, 0.717) is 11.2 Å². The van der Waals surface area contributed by atoms with Crippen LogP contribution >= 0.6 is 0 Å². The first kappa shape index (κ1) is 12.7. The fourth-order valence-corrected chi connectivity index (χ4v) is 1.39. The Labute approximate surface area is 107 Å². The molecule has 0 aromatic carbocycles. The lowest BCUT2D eigenvalue weighted by molar-refractivity contribution is -0.133. The average molecular weight is 261 g/mol. The van der Waals surface area contributed by atoms with Crippen LogP contribution in [0.5, 0.6) is 0 Å². The molecule has 0 spiro atoms. The van der Waals surface area contributed by atoms with E-state index in [1.54, 1.807) is 0 Å². The zero-order valence-corrected chi connectivity index (χ0v) is 10.3. The molecule has 8 heteroatoms. The summed E-state index contributed by atoms with van der Waals surface area (Å²) in [7, 11) is 0. The Hall–Kier alpha value is -2.77. The Morgan fingerprint density at radius 2 is 1.95 bits per heavy atom. The second-order valence-corrected chi connectivity index (χ2v) is 3.83. The van der Waals surface area contributed by atoms with Crippen LogP contribution < -0.4 is 5.32 Å². The van der Waals surface area contributed by atoms with Gasteiger partial charge in [-0.3, -0.25) is 4.79 Å². The van der Waals surface area contributed by atoms with E-state index in [4.69, 9.17) is 5.11 Å². The van der Waals surface area contributed by atoms with Crippen LogP contribution in [0, 0.1) is 0 Å². The fourth-order valence-electron chi connectivity index (χ4n) is 1.39. The molecule has 2 aromatic rings. The number of carboxylic acid groups (broad SMARTS) is 1. The lowest BCUT2D eigenvalue weighted by Crippen LogP contribution is -2.17. The van der Waals surface area contributed by atoms with E-state index in [0.717, 1.165) is 0 Å². The van der Waals surface area contributed by atoms with E-state index in [9.17, 15) is 9.59 Å². The maximum Gasteiger partial charge on any atom is 0.331 e. The van der Waals surface area contributed by atoms with Crippen LogP contribution in [0.2, 0.25) is 0 Å². The molecule has 98 valence electrons. The molecule has 0 radical (unpaired) electrons. The van der Waals surface area contributed by atoms with E-state index in [1.807, 2.05) is 0 Å². The largest absolute Gasteiger partial charge is 0.478 e. The normalized spacial score (nSPS) is 12.1. The number of fused-ring (bicyclic) bond motifs is 1. The highest BCUT2D eigenvalue weighted by Gasteiger charge is 2.15. The number of carbonyl (C=O) groups excluding carboxylic acids is 1. The zero-order chi connectivity index (χ0) is 14.0. The van der Waals surface area contributed by atoms with Gasteiger partial charge in [0.1, 0.15) is 11.8 Å². The van der Waals surface area contributed by atoms with Gasteiger partial charge < -0.3 is 15.4 Å². The monoisotopic (exact) mass is 261 g/mol. The number of amides is 1. The number of hydrogen-bond acceptors (Lipinski definition) is 5. The van der Waals surface area contributed by atoms with Crippen molar-refractivity contribution >= 4 is 28.9 Å². The summed E-state index contributed by atoms with van der Waals surface area (Å²) < 4.78 is 0. The standard InChI is InChI=1S/C11H11N5O3/c1-5(6(2)11(18)19)10(17)16-9-7-8(13-3-12-7)14-4-15-9/h3-4H,1-2H3,(H,18,19)(H2,12,13,14,15,16,17). The number of nitrogens with one attached hydrogen (secondary N) is 2. The van der Waals surface area contributed by atoms with Crippen LogP contribution in [0.25, 0.3) is 11.2 Å². The molecule has 0 aliphatic carbocycles. The maximum absolute atomic E-state index is 11.9. The van der Waals surface area contributed by atoms with E-state index >= 15 is 0 Å². The van der Waals surface area contributed by atoms with E-state index in [-0.39, 0.29) is 17.0 Å². The van der Waals surface area contributed by atoms with Gasteiger partial charge in [-0.15, -0.1) is 0 Å². The Balaban J connectivity index is 2.31. The summed E-state index contributed by atoms with van der Waals surface area (Å²) in [5.41, 5.74) is 0.990. The van der Waals surface area contributed by atoms with Crippen LogP contribution in [0.1, 0.15) is 13.8 Å². The molecular weight excluding hydrogens is 250 g/mol. The molecule has 2 heterocycles. The number of anilines is 1. The molecule has 0 bridgehead atoms. The van der Waals surface area contributed by atoms with Crippen molar-refractivity contribution in [3.05, 3.63) is 23.8 Å². The van der Waals surface area contributed by atoms with E-state index < -0.39 is 11.9 Å². The molecule has 0 aliphatic heterocycles. The third-order valence-electron chi connectivity index (χ3n) is 2.68. The Morgan fingerprint density at radius 3 is 2.63 bits per heavy atom. The molecule has 0 saturated carbocycles. The van der Waals surface area contributed by atoms with Gasteiger partial charge in [0, 0.05) is 11.1 Å². The molecule has 19 heavy (non-hydrogen) atoms. The lowest BCUT2D eigenvalue weighted by Gasteiger charge is -2.06. The van der Waals surface area contributed by atoms with Crippen molar-refractivity contribution in [1.82, 2.24) is 19.9 Å². The Kier molecular flexibility index (Phi) is 3.23. The molecule has 8 nitrogen and oxygen atoms in total. The van der Waals surface area contributed by atoms with E-state index in [2.05, 4.69) is 25.3 Å². The van der Waals surface area contributed by atoms with Crippen molar-refractivity contribution in [2.24, 2.45) is 0 Å². The van der Waals surface area contributed by atoms with Crippen LogP contribution in [0.4, 0.5) is 5.82 Å². The minimum Gasteiger partial charge on any atom is -0.478 e. The van der Waals surface area contributed by atoms with Crippen molar-refractivity contribution in [1.29, 1.82) is 0 Å². The van der Waals surface area contributed by atoms with Gasteiger partial charge >= 0.3 is 5.97 Å². The molecule has 3 N–H and O–H groups in total. The predicted molar refractivity (Wildman–Crippen MR) is 66.3 cm³/mol. The fraction of sp³-hybridized carbons (Fsp3) is 0.182. The van der Waals surface area contributed by atoms with Gasteiger partial charge in [-0.05, 0) is 13.8 Å². The molecule has 0 saturated heterocycles. The summed E-state index contributed by atoms with van der Waals surface area (Å²) in [6.07, 6.45) is 2.70. The third-order valence-corrected chi connectivity index (χ3v) is 2.68. The molecule has 0 fully saturated rings. The lowest BCUT2D eigenvalue weighted by atomic mass is 10.1. The Morgan fingerprint density at radius 1 is 1.21 bits per heavy atom.